The summed E-state index contributed by atoms with van der Waals surface area (Å²) in [7, 11) is 0. The van der Waals surface area contributed by atoms with E-state index in [1.54, 1.807) is 24.8 Å². The molecule has 0 aromatic heterocycles. The van der Waals surface area contributed by atoms with Crippen LogP contribution >= 0.6 is 11.8 Å². The molecule has 27 heavy (non-hydrogen) atoms. The average molecular weight is 383 g/mol. The number of allylic oxidation sites excluding steroid dienone is 2. The SMILES string of the molecule is CCOC(=O)C(C)(C)C1=C/C(=C\c2ccc(SC)cc2)c2ccc(F)cc21. The Kier molecular flexibility index (Phi) is 5.56. The van der Waals surface area contributed by atoms with E-state index in [-0.39, 0.29) is 11.8 Å². The number of hydrogen-bond acceptors (Lipinski definition) is 3. The van der Waals surface area contributed by atoms with Crippen molar-refractivity contribution in [2.45, 2.75) is 25.7 Å². The highest BCUT2D eigenvalue weighted by molar-refractivity contribution is 7.98. The van der Waals surface area contributed by atoms with Gasteiger partial charge in [-0.1, -0.05) is 18.2 Å². The number of carbonyl (C=O) groups is 1. The first-order valence-corrected chi connectivity index (χ1v) is 10.1. The third-order valence-electron chi connectivity index (χ3n) is 4.78. The van der Waals surface area contributed by atoms with Gasteiger partial charge in [0.2, 0.25) is 0 Å². The number of halogens is 1. The molecule has 2 nitrogen and oxygen atoms in total. The second kappa shape index (κ2) is 7.73. The van der Waals surface area contributed by atoms with Gasteiger partial charge >= 0.3 is 5.97 Å². The number of hydrogen-bond donors (Lipinski definition) is 0. The Bertz CT molecular complexity index is 924. The lowest BCUT2D eigenvalue weighted by molar-refractivity contribution is -0.150. The molecule has 2 aromatic carbocycles. The van der Waals surface area contributed by atoms with E-state index < -0.39 is 5.41 Å². The number of fused-ring (bicyclic) bond motifs is 1. The van der Waals surface area contributed by atoms with E-state index >= 15 is 0 Å². The quantitative estimate of drug-likeness (QED) is 0.463. The minimum Gasteiger partial charge on any atom is -0.465 e. The highest BCUT2D eigenvalue weighted by Gasteiger charge is 2.38. The van der Waals surface area contributed by atoms with Crippen molar-refractivity contribution < 1.29 is 13.9 Å². The first-order chi connectivity index (χ1) is 12.9. The molecule has 0 bridgehead atoms. The summed E-state index contributed by atoms with van der Waals surface area (Å²) >= 11 is 1.70. The van der Waals surface area contributed by atoms with E-state index in [1.807, 2.05) is 26.2 Å². The molecule has 2 aromatic rings. The monoisotopic (exact) mass is 382 g/mol. The zero-order chi connectivity index (χ0) is 19.6. The fourth-order valence-corrected chi connectivity index (χ4v) is 3.65. The molecule has 0 saturated carbocycles. The molecular formula is C23H23FO2S. The van der Waals surface area contributed by atoms with E-state index in [0.717, 1.165) is 27.8 Å². The van der Waals surface area contributed by atoms with Crippen LogP contribution in [0.2, 0.25) is 0 Å². The predicted molar refractivity (Wildman–Crippen MR) is 111 cm³/mol. The van der Waals surface area contributed by atoms with Gasteiger partial charge in [-0.3, -0.25) is 4.79 Å². The zero-order valence-electron chi connectivity index (χ0n) is 16.0. The van der Waals surface area contributed by atoms with Gasteiger partial charge in [-0.05, 0) is 91.3 Å². The molecule has 0 amide bonds. The van der Waals surface area contributed by atoms with Crippen LogP contribution in [0.15, 0.2) is 53.4 Å². The van der Waals surface area contributed by atoms with Crippen molar-refractivity contribution in [2.24, 2.45) is 5.41 Å². The lowest BCUT2D eigenvalue weighted by Gasteiger charge is -2.24. The van der Waals surface area contributed by atoms with Crippen molar-refractivity contribution in [3.8, 4) is 0 Å². The van der Waals surface area contributed by atoms with Crippen molar-refractivity contribution in [3.05, 3.63) is 71.0 Å². The molecule has 0 saturated heterocycles. The van der Waals surface area contributed by atoms with Crippen LogP contribution in [0.3, 0.4) is 0 Å². The fraction of sp³-hybridized carbons (Fsp3) is 0.261. The minimum atomic E-state index is -0.864. The van der Waals surface area contributed by atoms with Crippen LogP contribution in [0.5, 0.6) is 0 Å². The first-order valence-electron chi connectivity index (χ1n) is 8.92. The third kappa shape index (κ3) is 3.86. The lowest BCUT2D eigenvalue weighted by atomic mass is 9.81. The summed E-state index contributed by atoms with van der Waals surface area (Å²) in [6, 6.07) is 13.0. The number of ether oxygens (including phenoxy) is 1. The normalized spacial score (nSPS) is 14.9. The summed E-state index contributed by atoms with van der Waals surface area (Å²) in [4.78, 5) is 13.7. The Labute approximate surface area is 164 Å². The molecule has 0 heterocycles. The number of carbonyl (C=O) groups excluding carboxylic acids is 1. The molecule has 0 radical (unpaired) electrons. The molecule has 3 rings (SSSR count). The van der Waals surface area contributed by atoms with E-state index in [1.165, 1.54) is 17.0 Å². The van der Waals surface area contributed by atoms with Crippen LogP contribution in [0.4, 0.5) is 4.39 Å². The summed E-state index contributed by atoms with van der Waals surface area (Å²) in [5, 5.41) is 0. The highest BCUT2D eigenvalue weighted by atomic mass is 32.2. The maximum absolute atomic E-state index is 13.9. The molecular weight excluding hydrogens is 359 g/mol. The predicted octanol–water partition coefficient (Wildman–Crippen LogP) is 6.07. The van der Waals surface area contributed by atoms with Crippen LogP contribution in [0.25, 0.3) is 17.2 Å². The van der Waals surface area contributed by atoms with E-state index in [9.17, 15) is 9.18 Å². The maximum atomic E-state index is 13.9. The summed E-state index contributed by atoms with van der Waals surface area (Å²) in [5.74, 6) is -0.623. The summed E-state index contributed by atoms with van der Waals surface area (Å²) in [5.41, 5.74) is 3.62. The van der Waals surface area contributed by atoms with Crippen LogP contribution in [-0.2, 0) is 9.53 Å². The fourth-order valence-electron chi connectivity index (χ4n) is 3.24. The highest BCUT2D eigenvalue weighted by Crippen LogP contribution is 2.46. The Morgan fingerprint density at radius 2 is 1.85 bits per heavy atom. The van der Waals surface area contributed by atoms with Gasteiger partial charge in [0.1, 0.15) is 5.82 Å². The Morgan fingerprint density at radius 1 is 1.15 bits per heavy atom. The average Bonchev–Trinajstić information content (AvgIpc) is 3.00. The number of rotatable bonds is 5. The van der Waals surface area contributed by atoms with Gasteiger partial charge in [0.15, 0.2) is 0 Å². The van der Waals surface area contributed by atoms with Crippen LogP contribution < -0.4 is 0 Å². The largest absolute Gasteiger partial charge is 0.465 e. The standard InChI is InChI=1S/C23H23FO2S/c1-5-26-22(25)23(2,3)21-13-16(19-11-8-17(24)14-20(19)21)12-15-6-9-18(27-4)10-7-15/h6-14H,5H2,1-4H3/b16-12+. The molecule has 140 valence electrons. The molecule has 0 fully saturated rings. The van der Waals surface area contributed by atoms with E-state index in [0.29, 0.717) is 6.61 Å². The van der Waals surface area contributed by atoms with Crippen LogP contribution in [0.1, 0.15) is 37.5 Å². The van der Waals surface area contributed by atoms with Gasteiger partial charge in [-0.15, -0.1) is 11.8 Å². The molecule has 0 unspecified atom stereocenters. The number of thioether (sulfide) groups is 1. The molecule has 1 aliphatic carbocycles. The molecule has 0 spiro atoms. The van der Waals surface area contributed by atoms with Gasteiger partial charge in [0.25, 0.3) is 0 Å². The molecule has 0 atom stereocenters. The summed E-state index contributed by atoms with van der Waals surface area (Å²) in [6.07, 6.45) is 6.08. The van der Waals surface area contributed by atoms with Gasteiger partial charge in [0, 0.05) is 4.90 Å². The molecule has 0 N–H and O–H groups in total. The molecule has 1 aliphatic rings. The van der Waals surface area contributed by atoms with Crippen molar-refractivity contribution in [3.63, 3.8) is 0 Å². The van der Waals surface area contributed by atoms with Crippen molar-refractivity contribution in [1.82, 2.24) is 0 Å². The number of benzene rings is 2. The van der Waals surface area contributed by atoms with E-state index in [2.05, 4.69) is 30.3 Å². The molecule has 4 heteroatoms. The maximum Gasteiger partial charge on any atom is 0.315 e. The lowest BCUT2D eigenvalue weighted by Crippen LogP contribution is -2.27. The zero-order valence-corrected chi connectivity index (χ0v) is 16.8. The van der Waals surface area contributed by atoms with Crippen LogP contribution in [-0.4, -0.2) is 18.8 Å². The second-order valence-electron chi connectivity index (χ2n) is 6.97. The smallest absolute Gasteiger partial charge is 0.315 e. The Morgan fingerprint density at radius 3 is 2.48 bits per heavy atom. The summed E-state index contributed by atoms with van der Waals surface area (Å²) in [6.45, 7) is 5.74. The van der Waals surface area contributed by atoms with Gasteiger partial charge in [0.05, 0.1) is 12.0 Å². The van der Waals surface area contributed by atoms with Crippen molar-refractivity contribution in [2.75, 3.05) is 12.9 Å². The first kappa shape index (κ1) is 19.4. The van der Waals surface area contributed by atoms with Crippen molar-refractivity contribution in [1.29, 1.82) is 0 Å². The van der Waals surface area contributed by atoms with E-state index in [4.69, 9.17) is 4.74 Å². The second-order valence-corrected chi connectivity index (χ2v) is 7.85. The van der Waals surface area contributed by atoms with Gasteiger partial charge in [-0.25, -0.2) is 4.39 Å². The minimum absolute atomic E-state index is 0.308. The molecule has 0 aliphatic heterocycles. The number of esters is 1. The van der Waals surface area contributed by atoms with Crippen molar-refractivity contribution >= 4 is 35.0 Å². The third-order valence-corrected chi connectivity index (χ3v) is 5.52. The topological polar surface area (TPSA) is 26.3 Å². The van der Waals surface area contributed by atoms with Gasteiger partial charge in [-0.2, -0.15) is 0 Å². The van der Waals surface area contributed by atoms with Crippen LogP contribution in [0, 0.1) is 11.2 Å². The van der Waals surface area contributed by atoms with Gasteiger partial charge < -0.3 is 4.74 Å². The Balaban J connectivity index is 2.09. The Hall–Kier alpha value is -2.33. The summed E-state index contributed by atoms with van der Waals surface area (Å²) < 4.78 is 19.2.